The van der Waals surface area contributed by atoms with E-state index in [1.54, 1.807) is 6.20 Å². The number of aromatic nitrogens is 1. The van der Waals surface area contributed by atoms with Crippen LogP contribution < -0.4 is 5.73 Å². The Labute approximate surface area is 167 Å². The first kappa shape index (κ1) is 20.2. The molecular formula is C23H30N4O. The number of rotatable bonds is 6. The molecule has 148 valence electrons. The van der Waals surface area contributed by atoms with E-state index in [2.05, 4.69) is 11.9 Å². The third-order valence-electron chi connectivity index (χ3n) is 5.64. The highest BCUT2D eigenvalue weighted by atomic mass is 16.5. The van der Waals surface area contributed by atoms with E-state index < -0.39 is 0 Å². The molecule has 28 heavy (non-hydrogen) atoms. The molecule has 0 radical (unpaired) electrons. The summed E-state index contributed by atoms with van der Waals surface area (Å²) in [6, 6.07) is 12.0. The third-order valence-corrected chi connectivity index (χ3v) is 5.64. The summed E-state index contributed by atoms with van der Waals surface area (Å²) in [6.07, 6.45) is 3.84. The summed E-state index contributed by atoms with van der Waals surface area (Å²) in [4.78, 5) is 9.05. The molecule has 0 aliphatic carbocycles. The standard InChI is InChI=1S/C23H30N4O/c1-15-14-19(8-11-26-15)16(2)22(24)20-6-4-5-7-21(20)23(25)27-17(3)18-9-12-28-13-10-18/h4-8,11,14,16-18,24H,9-10,12-13H2,1-3H3,(H2,25,27). The first-order valence-corrected chi connectivity index (χ1v) is 9.99. The zero-order valence-electron chi connectivity index (χ0n) is 17.0. The molecule has 1 aromatic heterocycles. The van der Waals surface area contributed by atoms with Gasteiger partial charge in [0.2, 0.25) is 0 Å². The highest BCUT2D eigenvalue weighted by Crippen LogP contribution is 2.24. The summed E-state index contributed by atoms with van der Waals surface area (Å²) >= 11 is 0. The highest BCUT2D eigenvalue weighted by molar-refractivity contribution is 6.12. The van der Waals surface area contributed by atoms with Crippen molar-refractivity contribution in [3.05, 3.63) is 65.0 Å². The van der Waals surface area contributed by atoms with Crippen molar-refractivity contribution in [1.29, 1.82) is 5.41 Å². The lowest BCUT2D eigenvalue weighted by Gasteiger charge is -2.26. The Balaban J connectivity index is 1.85. The second-order valence-electron chi connectivity index (χ2n) is 7.62. The number of amidine groups is 1. The molecule has 3 rings (SSSR count). The number of nitrogens with two attached hydrogens (primary N) is 1. The molecule has 1 saturated heterocycles. The second-order valence-corrected chi connectivity index (χ2v) is 7.62. The van der Waals surface area contributed by atoms with Gasteiger partial charge in [0.1, 0.15) is 5.84 Å². The van der Waals surface area contributed by atoms with Crippen LogP contribution in [0.4, 0.5) is 0 Å². The van der Waals surface area contributed by atoms with Crippen LogP contribution in [0.2, 0.25) is 0 Å². The molecule has 2 atom stereocenters. The van der Waals surface area contributed by atoms with Crippen LogP contribution in [-0.2, 0) is 4.74 Å². The zero-order valence-corrected chi connectivity index (χ0v) is 17.0. The molecule has 1 fully saturated rings. The van der Waals surface area contributed by atoms with Gasteiger partial charge in [-0.25, -0.2) is 0 Å². The van der Waals surface area contributed by atoms with Crippen LogP contribution in [-0.4, -0.2) is 35.8 Å². The van der Waals surface area contributed by atoms with Gasteiger partial charge in [-0.3, -0.25) is 9.98 Å². The van der Waals surface area contributed by atoms with Gasteiger partial charge < -0.3 is 15.9 Å². The Morgan fingerprint density at radius 2 is 1.86 bits per heavy atom. The number of hydrogen-bond acceptors (Lipinski definition) is 4. The van der Waals surface area contributed by atoms with Crippen molar-refractivity contribution in [2.45, 2.75) is 45.6 Å². The van der Waals surface area contributed by atoms with E-state index >= 15 is 0 Å². The summed E-state index contributed by atoms with van der Waals surface area (Å²) in [7, 11) is 0. The van der Waals surface area contributed by atoms with Crippen LogP contribution in [0.15, 0.2) is 47.6 Å². The molecule has 1 aliphatic heterocycles. The van der Waals surface area contributed by atoms with Gasteiger partial charge in [-0.15, -0.1) is 0 Å². The maximum Gasteiger partial charge on any atom is 0.126 e. The van der Waals surface area contributed by atoms with Crippen LogP contribution in [0.1, 0.15) is 55.0 Å². The van der Waals surface area contributed by atoms with E-state index in [1.165, 1.54) is 0 Å². The number of benzene rings is 1. The van der Waals surface area contributed by atoms with E-state index in [-0.39, 0.29) is 12.0 Å². The lowest BCUT2D eigenvalue weighted by Crippen LogP contribution is -2.27. The van der Waals surface area contributed by atoms with Gasteiger partial charge in [0.25, 0.3) is 0 Å². The molecule has 5 heteroatoms. The zero-order chi connectivity index (χ0) is 20.1. The Hall–Kier alpha value is -2.53. The molecule has 0 amide bonds. The van der Waals surface area contributed by atoms with E-state index in [4.69, 9.17) is 20.9 Å². The van der Waals surface area contributed by atoms with Gasteiger partial charge in [-0.05, 0) is 50.3 Å². The maximum absolute atomic E-state index is 8.81. The van der Waals surface area contributed by atoms with Crippen molar-refractivity contribution in [3.63, 3.8) is 0 Å². The lowest BCUT2D eigenvalue weighted by molar-refractivity contribution is 0.0605. The van der Waals surface area contributed by atoms with E-state index in [9.17, 15) is 0 Å². The third kappa shape index (κ3) is 4.65. The van der Waals surface area contributed by atoms with E-state index in [1.807, 2.05) is 50.2 Å². The maximum atomic E-state index is 8.81. The van der Waals surface area contributed by atoms with Crippen molar-refractivity contribution in [2.24, 2.45) is 16.6 Å². The first-order chi connectivity index (χ1) is 13.5. The minimum atomic E-state index is -0.0523. The minimum Gasteiger partial charge on any atom is -0.383 e. The van der Waals surface area contributed by atoms with Crippen molar-refractivity contribution < 1.29 is 4.74 Å². The number of aryl methyl sites for hydroxylation is 1. The molecule has 0 bridgehead atoms. The fraction of sp³-hybridized carbons (Fsp3) is 0.435. The second kappa shape index (κ2) is 9.11. The highest BCUT2D eigenvalue weighted by Gasteiger charge is 2.22. The fourth-order valence-electron chi connectivity index (χ4n) is 3.77. The van der Waals surface area contributed by atoms with Crippen molar-refractivity contribution in [3.8, 4) is 0 Å². The number of hydrogen-bond donors (Lipinski definition) is 2. The van der Waals surface area contributed by atoms with Crippen molar-refractivity contribution >= 4 is 11.5 Å². The normalized spacial score (nSPS) is 17.9. The largest absolute Gasteiger partial charge is 0.383 e. The van der Waals surface area contributed by atoms with Gasteiger partial charge in [0.15, 0.2) is 0 Å². The SMILES string of the molecule is Cc1cc(C(C)C(=N)c2ccccc2C(N)=NC(C)C2CCOCC2)ccn1. The van der Waals surface area contributed by atoms with Gasteiger partial charge in [0, 0.05) is 47.9 Å². The molecule has 1 aromatic carbocycles. The fourth-order valence-corrected chi connectivity index (χ4v) is 3.77. The lowest BCUT2D eigenvalue weighted by atomic mass is 9.89. The van der Waals surface area contributed by atoms with Crippen LogP contribution >= 0.6 is 0 Å². The van der Waals surface area contributed by atoms with Gasteiger partial charge in [0.05, 0.1) is 6.04 Å². The van der Waals surface area contributed by atoms with Gasteiger partial charge in [-0.2, -0.15) is 0 Å². The predicted octanol–water partition coefficient (Wildman–Crippen LogP) is 4.08. The predicted molar refractivity (Wildman–Crippen MR) is 114 cm³/mol. The summed E-state index contributed by atoms with van der Waals surface area (Å²) in [5, 5.41) is 8.81. The van der Waals surface area contributed by atoms with E-state index in [0.717, 1.165) is 48.4 Å². The van der Waals surface area contributed by atoms with Gasteiger partial charge >= 0.3 is 0 Å². The molecule has 2 unspecified atom stereocenters. The first-order valence-electron chi connectivity index (χ1n) is 9.99. The smallest absolute Gasteiger partial charge is 0.126 e. The van der Waals surface area contributed by atoms with Crippen LogP contribution in [0.5, 0.6) is 0 Å². The molecule has 2 aromatic rings. The summed E-state index contributed by atoms with van der Waals surface area (Å²) in [5.74, 6) is 0.957. The van der Waals surface area contributed by atoms with Crippen molar-refractivity contribution in [2.75, 3.05) is 13.2 Å². The average molecular weight is 379 g/mol. The molecular weight excluding hydrogens is 348 g/mol. The summed E-state index contributed by atoms with van der Waals surface area (Å²) in [5.41, 5.74) is 10.7. The number of ether oxygens (including phenoxy) is 1. The van der Waals surface area contributed by atoms with Crippen LogP contribution in [0, 0.1) is 18.3 Å². The van der Waals surface area contributed by atoms with Crippen LogP contribution in [0.25, 0.3) is 0 Å². The number of nitrogens with zero attached hydrogens (tertiary/aromatic N) is 2. The number of nitrogens with one attached hydrogen (secondary N) is 1. The van der Waals surface area contributed by atoms with E-state index in [0.29, 0.717) is 17.5 Å². The Morgan fingerprint density at radius 3 is 2.54 bits per heavy atom. The monoisotopic (exact) mass is 378 g/mol. The Kier molecular flexibility index (Phi) is 6.57. The molecule has 3 N–H and O–H groups in total. The molecule has 2 heterocycles. The summed E-state index contributed by atoms with van der Waals surface area (Å²) < 4.78 is 5.45. The molecule has 5 nitrogen and oxygen atoms in total. The topological polar surface area (TPSA) is 84.4 Å². The summed E-state index contributed by atoms with van der Waals surface area (Å²) in [6.45, 7) is 7.74. The molecule has 0 spiro atoms. The minimum absolute atomic E-state index is 0.0523. The average Bonchev–Trinajstić information content (AvgIpc) is 2.73. The Morgan fingerprint density at radius 1 is 1.18 bits per heavy atom. The molecule has 0 saturated carbocycles. The number of aliphatic imine (C=N–C) groups is 1. The van der Waals surface area contributed by atoms with Crippen LogP contribution in [0.3, 0.4) is 0 Å². The van der Waals surface area contributed by atoms with Crippen molar-refractivity contribution in [1.82, 2.24) is 4.98 Å². The van der Waals surface area contributed by atoms with Gasteiger partial charge in [-0.1, -0.05) is 31.2 Å². The quantitative estimate of drug-likeness (QED) is 0.587. The molecule has 1 aliphatic rings. The Bertz CT molecular complexity index is 855. The number of pyridine rings is 1.